The number of benzene rings is 1. The summed E-state index contributed by atoms with van der Waals surface area (Å²) < 4.78 is 30.7. The molecule has 2 nitrogen and oxygen atoms in total. The van der Waals surface area contributed by atoms with Crippen molar-refractivity contribution in [1.82, 2.24) is 5.32 Å². The van der Waals surface area contributed by atoms with Crippen LogP contribution in [0.25, 0.3) is 0 Å². The van der Waals surface area contributed by atoms with Crippen LogP contribution in [0, 0.1) is 11.6 Å². The highest BCUT2D eigenvalue weighted by atomic mass is 19.2. The molecule has 1 aromatic rings. The van der Waals surface area contributed by atoms with Crippen molar-refractivity contribution < 1.29 is 13.5 Å². The summed E-state index contributed by atoms with van der Waals surface area (Å²) in [5.74, 6) is -1.48. The van der Waals surface area contributed by atoms with Crippen LogP contribution in [0.3, 0.4) is 0 Å². The zero-order valence-corrected chi connectivity index (χ0v) is 9.22. The van der Waals surface area contributed by atoms with E-state index >= 15 is 0 Å². The van der Waals surface area contributed by atoms with Gasteiger partial charge in [-0.3, -0.25) is 0 Å². The third kappa shape index (κ3) is 3.98. The second kappa shape index (κ2) is 6.23. The maximum absolute atomic E-state index is 12.8. The van der Waals surface area contributed by atoms with E-state index in [-0.39, 0.29) is 6.61 Å². The van der Waals surface area contributed by atoms with Gasteiger partial charge in [0.05, 0.1) is 0 Å². The van der Waals surface area contributed by atoms with Crippen LogP contribution in [0.15, 0.2) is 30.4 Å². The smallest absolute Gasteiger partial charge is 0.162 e. The van der Waals surface area contributed by atoms with Gasteiger partial charge in [0.25, 0.3) is 0 Å². The van der Waals surface area contributed by atoms with Crippen LogP contribution >= 0.6 is 0 Å². The van der Waals surface area contributed by atoms with Crippen molar-refractivity contribution in [2.24, 2.45) is 0 Å². The van der Waals surface area contributed by atoms with Gasteiger partial charge in [0.1, 0.15) is 12.4 Å². The van der Waals surface area contributed by atoms with E-state index in [1.807, 2.05) is 6.92 Å². The number of likely N-dealkylation sites (N-methyl/N-ethyl adjacent to an activating group) is 1. The number of ether oxygens (including phenoxy) is 1. The van der Waals surface area contributed by atoms with E-state index in [0.29, 0.717) is 12.3 Å². The molecule has 0 aliphatic carbocycles. The predicted octanol–water partition coefficient (Wildman–Crippen LogP) is 2.51. The van der Waals surface area contributed by atoms with E-state index in [0.717, 1.165) is 24.3 Å². The Morgan fingerprint density at radius 2 is 2.12 bits per heavy atom. The fourth-order valence-corrected chi connectivity index (χ4v) is 1.10. The fraction of sp³-hybridized carbons (Fsp3) is 0.333. The van der Waals surface area contributed by atoms with Gasteiger partial charge in [0, 0.05) is 12.6 Å². The van der Waals surface area contributed by atoms with Crippen molar-refractivity contribution in [2.75, 3.05) is 19.7 Å². The number of rotatable bonds is 6. The molecule has 0 radical (unpaired) electrons. The minimum Gasteiger partial charge on any atom is -0.489 e. The van der Waals surface area contributed by atoms with Gasteiger partial charge in [-0.15, -0.1) is 0 Å². The van der Waals surface area contributed by atoms with Gasteiger partial charge >= 0.3 is 0 Å². The van der Waals surface area contributed by atoms with Crippen LogP contribution < -0.4 is 10.1 Å². The molecular weight excluding hydrogens is 212 g/mol. The first kappa shape index (κ1) is 12.6. The van der Waals surface area contributed by atoms with Crippen molar-refractivity contribution in [1.29, 1.82) is 0 Å². The Labute approximate surface area is 93.9 Å². The summed E-state index contributed by atoms with van der Waals surface area (Å²) in [6.07, 6.45) is 0. The molecule has 0 atom stereocenters. The van der Waals surface area contributed by atoms with Crippen molar-refractivity contribution in [3.05, 3.63) is 42.0 Å². The number of hydrogen-bond acceptors (Lipinski definition) is 2. The standard InChI is InChI=1S/C12H15F2NO/c1-3-15-7-9(2)8-16-10-4-5-11(13)12(14)6-10/h4-6,15H,2-3,7-8H2,1H3. The van der Waals surface area contributed by atoms with Crippen LogP contribution in [-0.2, 0) is 0 Å². The molecule has 0 fully saturated rings. The predicted molar refractivity (Wildman–Crippen MR) is 59.5 cm³/mol. The van der Waals surface area contributed by atoms with Crippen LogP contribution in [0.4, 0.5) is 8.78 Å². The maximum Gasteiger partial charge on any atom is 0.162 e. The Kier molecular flexibility index (Phi) is 4.92. The molecule has 1 N–H and O–H groups in total. The molecule has 0 bridgehead atoms. The van der Waals surface area contributed by atoms with Gasteiger partial charge in [-0.25, -0.2) is 8.78 Å². The Hall–Kier alpha value is -1.42. The molecule has 1 aromatic carbocycles. The molecule has 1 rings (SSSR count). The minimum atomic E-state index is -0.908. The summed E-state index contributed by atoms with van der Waals surface area (Å²) in [5.41, 5.74) is 0.853. The highest BCUT2D eigenvalue weighted by Gasteiger charge is 2.03. The van der Waals surface area contributed by atoms with Gasteiger partial charge in [-0.2, -0.15) is 0 Å². The van der Waals surface area contributed by atoms with Crippen LogP contribution in [0.1, 0.15) is 6.92 Å². The average Bonchev–Trinajstić information content (AvgIpc) is 2.28. The zero-order chi connectivity index (χ0) is 12.0. The number of nitrogens with one attached hydrogen (secondary N) is 1. The van der Waals surface area contributed by atoms with Crippen molar-refractivity contribution in [2.45, 2.75) is 6.92 Å². The molecule has 0 spiro atoms. The maximum atomic E-state index is 12.8. The first-order valence-electron chi connectivity index (χ1n) is 5.08. The Bertz CT molecular complexity index is 366. The molecule has 0 unspecified atom stereocenters. The molecule has 88 valence electrons. The SMILES string of the molecule is C=C(CNCC)COc1ccc(F)c(F)c1. The highest BCUT2D eigenvalue weighted by Crippen LogP contribution is 2.15. The largest absolute Gasteiger partial charge is 0.489 e. The van der Waals surface area contributed by atoms with Gasteiger partial charge in [-0.05, 0) is 24.3 Å². The van der Waals surface area contributed by atoms with Gasteiger partial charge in [0.15, 0.2) is 11.6 Å². The van der Waals surface area contributed by atoms with E-state index < -0.39 is 11.6 Å². The molecule has 4 heteroatoms. The molecular formula is C12H15F2NO. The zero-order valence-electron chi connectivity index (χ0n) is 9.22. The summed E-state index contributed by atoms with van der Waals surface area (Å²) in [6.45, 7) is 7.58. The quantitative estimate of drug-likeness (QED) is 0.754. The second-order valence-electron chi connectivity index (χ2n) is 3.39. The first-order chi connectivity index (χ1) is 7.63. The first-order valence-corrected chi connectivity index (χ1v) is 5.08. The fourth-order valence-electron chi connectivity index (χ4n) is 1.10. The summed E-state index contributed by atoms with van der Waals surface area (Å²) >= 11 is 0. The molecule has 16 heavy (non-hydrogen) atoms. The molecule has 0 aliphatic rings. The average molecular weight is 227 g/mol. The van der Waals surface area contributed by atoms with Gasteiger partial charge < -0.3 is 10.1 Å². The lowest BCUT2D eigenvalue weighted by atomic mass is 10.3. The third-order valence-electron chi connectivity index (χ3n) is 1.96. The monoisotopic (exact) mass is 227 g/mol. The van der Waals surface area contributed by atoms with Crippen molar-refractivity contribution >= 4 is 0 Å². The van der Waals surface area contributed by atoms with Crippen molar-refractivity contribution in [3.63, 3.8) is 0 Å². The number of hydrogen-bond donors (Lipinski definition) is 1. The summed E-state index contributed by atoms with van der Waals surface area (Å²) in [5, 5.41) is 3.09. The number of halogens is 2. The molecule has 0 aliphatic heterocycles. The molecule has 0 heterocycles. The van der Waals surface area contributed by atoms with E-state index in [9.17, 15) is 8.78 Å². The Balaban J connectivity index is 2.42. The summed E-state index contributed by atoms with van der Waals surface area (Å²) in [4.78, 5) is 0. The highest BCUT2D eigenvalue weighted by molar-refractivity contribution is 5.24. The van der Waals surface area contributed by atoms with Gasteiger partial charge in [0.2, 0.25) is 0 Å². The third-order valence-corrected chi connectivity index (χ3v) is 1.96. The normalized spacial score (nSPS) is 10.2. The minimum absolute atomic E-state index is 0.290. The molecule has 0 saturated heterocycles. The molecule has 0 aromatic heterocycles. The van der Waals surface area contributed by atoms with E-state index in [4.69, 9.17) is 4.74 Å². The van der Waals surface area contributed by atoms with E-state index in [2.05, 4.69) is 11.9 Å². The lowest BCUT2D eigenvalue weighted by Gasteiger charge is -2.09. The summed E-state index contributed by atoms with van der Waals surface area (Å²) in [7, 11) is 0. The molecule has 0 saturated carbocycles. The van der Waals surface area contributed by atoms with Crippen molar-refractivity contribution in [3.8, 4) is 5.75 Å². The molecule has 0 amide bonds. The van der Waals surface area contributed by atoms with Gasteiger partial charge in [-0.1, -0.05) is 13.5 Å². The van der Waals surface area contributed by atoms with E-state index in [1.54, 1.807) is 0 Å². The second-order valence-corrected chi connectivity index (χ2v) is 3.39. The Morgan fingerprint density at radius 3 is 2.75 bits per heavy atom. The van der Waals surface area contributed by atoms with E-state index in [1.165, 1.54) is 6.07 Å². The van der Waals surface area contributed by atoms with Crippen LogP contribution in [-0.4, -0.2) is 19.7 Å². The lowest BCUT2D eigenvalue weighted by Crippen LogP contribution is -2.18. The summed E-state index contributed by atoms with van der Waals surface area (Å²) in [6, 6.07) is 3.45. The van der Waals surface area contributed by atoms with Crippen LogP contribution in [0.2, 0.25) is 0 Å². The Morgan fingerprint density at radius 1 is 1.38 bits per heavy atom. The lowest BCUT2D eigenvalue weighted by molar-refractivity contribution is 0.344. The van der Waals surface area contributed by atoms with Crippen LogP contribution in [0.5, 0.6) is 5.75 Å². The topological polar surface area (TPSA) is 21.3 Å².